The number of nitrogens with zero attached hydrogens (tertiary/aromatic N) is 1. The summed E-state index contributed by atoms with van der Waals surface area (Å²) in [5.74, 6) is 0. The van der Waals surface area contributed by atoms with Crippen LogP contribution in [0.2, 0.25) is 4.34 Å². The molecule has 0 fully saturated rings. The molecule has 0 radical (unpaired) electrons. The lowest BCUT2D eigenvalue weighted by Gasteiger charge is -2.16. The van der Waals surface area contributed by atoms with Crippen molar-refractivity contribution in [3.63, 3.8) is 0 Å². The average Bonchev–Trinajstić information content (AvgIpc) is 2.50. The summed E-state index contributed by atoms with van der Waals surface area (Å²) in [6, 6.07) is 3.97. The van der Waals surface area contributed by atoms with Crippen molar-refractivity contribution >= 4 is 22.9 Å². The fourth-order valence-corrected chi connectivity index (χ4v) is 2.37. The highest BCUT2D eigenvalue weighted by atomic mass is 35.5. The van der Waals surface area contributed by atoms with E-state index in [-0.39, 0.29) is 0 Å². The van der Waals surface area contributed by atoms with E-state index in [0.29, 0.717) is 6.54 Å². The summed E-state index contributed by atoms with van der Waals surface area (Å²) in [5, 5.41) is 0. The van der Waals surface area contributed by atoms with Gasteiger partial charge in [0.2, 0.25) is 0 Å². The van der Waals surface area contributed by atoms with Gasteiger partial charge in [-0.3, -0.25) is 4.90 Å². The van der Waals surface area contributed by atoms with Gasteiger partial charge in [-0.25, -0.2) is 0 Å². The van der Waals surface area contributed by atoms with Crippen LogP contribution < -0.4 is 5.73 Å². The van der Waals surface area contributed by atoms with E-state index in [9.17, 15) is 0 Å². The van der Waals surface area contributed by atoms with Crippen LogP contribution in [0.1, 0.15) is 4.88 Å². The van der Waals surface area contributed by atoms with Crippen molar-refractivity contribution < 1.29 is 0 Å². The van der Waals surface area contributed by atoms with Crippen LogP contribution in [0.5, 0.6) is 0 Å². The predicted octanol–water partition coefficient (Wildman–Crippen LogP) is 2.35. The monoisotopic (exact) mass is 230 g/mol. The SMILES string of the molecule is C=C(CN)CN(C)Cc1ccc(Cl)s1. The van der Waals surface area contributed by atoms with Gasteiger partial charge in [0.1, 0.15) is 0 Å². The average molecular weight is 231 g/mol. The van der Waals surface area contributed by atoms with Gasteiger partial charge in [-0.05, 0) is 24.8 Å². The van der Waals surface area contributed by atoms with E-state index in [1.807, 2.05) is 6.07 Å². The van der Waals surface area contributed by atoms with Gasteiger partial charge in [0.05, 0.1) is 4.34 Å². The molecule has 0 atom stereocenters. The minimum absolute atomic E-state index is 0.551. The zero-order valence-electron chi connectivity index (χ0n) is 8.29. The van der Waals surface area contributed by atoms with E-state index in [1.165, 1.54) is 4.88 Å². The lowest BCUT2D eigenvalue weighted by molar-refractivity contribution is 0.357. The number of rotatable bonds is 5. The molecular weight excluding hydrogens is 216 g/mol. The van der Waals surface area contributed by atoms with Crippen LogP contribution in [0, 0.1) is 0 Å². The second-order valence-corrected chi connectivity index (χ2v) is 5.13. The molecule has 2 nitrogen and oxygen atoms in total. The van der Waals surface area contributed by atoms with Gasteiger partial charge < -0.3 is 5.73 Å². The Bertz CT molecular complexity index is 309. The third-order valence-corrected chi connectivity index (χ3v) is 3.05. The van der Waals surface area contributed by atoms with Crippen molar-refractivity contribution in [3.05, 3.63) is 33.5 Å². The molecular formula is C10H15ClN2S. The summed E-state index contributed by atoms with van der Waals surface area (Å²) in [7, 11) is 2.05. The van der Waals surface area contributed by atoms with E-state index in [1.54, 1.807) is 11.3 Å². The molecule has 1 heterocycles. The summed E-state index contributed by atoms with van der Waals surface area (Å²) in [4.78, 5) is 3.44. The van der Waals surface area contributed by atoms with Gasteiger partial charge in [0, 0.05) is 24.5 Å². The summed E-state index contributed by atoms with van der Waals surface area (Å²) >= 11 is 7.45. The molecule has 4 heteroatoms. The van der Waals surface area contributed by atoms with Gasteiger partial charge >= 0.3 is 0 Å². The maximum Gasteiger partial charge on any atom is 0.0931 e. The first-order valence-electron chi connectivity index (χ1n) is 4.41. The topological polar surface area (TPSA) is 29.3 Å². The Morgan fingerprint density at radius 3 is 2.86 bits per heavy atom. The van der Waals surface area contributed by atoms with E-state index in [4.69, 9.17) is 17.3 Å². The lowest BCUT2D eigenvalue weighted by Crippen LogP contribution is -2.22. The van der Waals surface area contributed by atoms with Crippen molar-refractivity contribution in [2.75, 3.05) is 20.1 Å². The third-order valence-electron chi connectivity index (χ3n) is 1.84. The molecule has 0 aliphatic rings. The predicted molar refractivity (Wildman–Crippen MR) is 63.9 cm³/mol. The zero-order valence-corrected chi connectivity index (χ0v) is 9.87. The minimum atomic E-state index is 0.551. The fourth-order valence-electron chi connectivity index (χ4n) is 1.20. The normalized spacial score (nSPS) is 10.9. The first-order chi connectivity index (χ1) is 6.61. The quantitative estimate of drug-likeness (QED) is 0.787. The molecule has 0 aliphatic heterocycles. The molecule has 78 valence electrons. The highest BCUT2D eigenvalue weighted by Crippen LogP contribution is 2.22. The number of nitrogens with two attached hydrogens (primary N) is 1. The van der Waals surface area contributed by atoms with Crippen LogP contribution in [-0.4, -0.2) is 25.0 Å². The molecule has 2 N–H and O–H groups in total. The molecule has 0 spiro atoms. The Morgan fingerprint density at radius 2 is 2.36 bits per heavy atom. The summed E-state index contributed by atoms with van der Waals surface area (Å²) < 4.78 is 0.839. The first kappa shape index (κ1) is 11.7. The van der Waals surface area contributed by atoms with Crippen molar-refractivity contribution in [2.45, 2.75) is 6.54 Å². The highest BCUT2D eigenvalue weighted by molar-refractivity contribution is 7.16. The van der Waals surface area contributed by atoms with Crippen LogP contribution >= 0.6 is 22.9 Å². The Kier molecular flexibility index (Phi) is 4.62. The number of thiophene rings is 1. The minimum Gasteiger partial charge on any atom is -0.327 e. The molecule has 0 aliphatic carbocycles. The Morgan fingerprint density at radius 1 is 1.64 bits per heavy atom. The fraction of sp³-hybridized carbons (Fsp3) is 0.400. The Hall–Kier alpha value is -0.350. The second-order valence-electron chi connectivity index (χ2n) is 3.33. The Labute approximate surface area is 94.0 Å². The van der Waals surface area contributed by atoms with E-state index in [0.717, 1.165) is 23.0 Å². The molecule has 14 heavy (non-hydrogen) atoms. The largest absolute Gasteiger partial charge is 0.327 e. The second kappa shape index (κ2) is 5.51. The van der Waals surface area contributed by atoms with Crippen LogP contribution in [0.3, 0.4) is 0 Å². The summed E-state index contributed by atoms with van der Waals surface area (Å²) in [6.45, 7) is 6.16. The van der Waals surface area contributed by atoms with Gasteiger partial charge in [0.15, 0.2) is 0 Å². The van der Waals surface area contributed by atoms with Crippen molar-refractivity contribution in [3.8, 4) is 0 Å². The van der Waals surface area contributed by atoms with E-state index in [2.05, 4.69) is 24.6 Å². The molecule has 0 unspecified atom stereocenters. The molecule has 1 aromatic heterocycles. The smallest absolute Gasteiger partial charge is 0.0931 e. The number of halogens is 1. The molecule has 0 bridgehead atoms. The van der Waals surface area contributed by atoms with Crippen LogP contribution in [-0.2, 0) is 6.54 Å². The number of hydrogen-bond donors (Lipinski definition) is 1. The van der Waals surface area contributed by atoms with Gasteiger partial charge in [-0.1, -0.05) is 18.2 Å². The molecule has 0 amide bonds. The standard InChI is InChI=1S/C10H15ClN2S/c1-8(5-12)6-13(2)7-9-3-4-10(11)14-9/h3-4H,1,5-7,12H2,2H3. The number of hydrogen-bond acceptors (Lipinski definition) is 3. The molecule has 1 aromatic rings. The van der Waals surface area contributed by atoms with Gasteiger partial charge in [0.25, 0.3) is 0 Å². The summed E-state index contributed by atoms with van der Waals surface area (Å²) in [6.07, 6.45) is 0. The molecule has 0 saturated heterocycles. The molecule has 0 aromatic carbocycles. The van der Waals surface area contributed by atoms with Crippen LogP contribution in [0.4, 0.5) is 0 Å². The first-order valence-corrected chi connectivity index (χ1v) is 5.60. The third kappa shape index (κ3) is 3.80. The van der Waals surface area contributed by atoms with Crippen molar-refractivity contribution in [2.24, 2.45) is 5.73 Å². The Balaban J connectivity index is 2.41. The molecule has 0 saturated carbocycles. The molecule has 1 rings (SSSR count). The summed E-state index contributed by atoms with van der Waals surface area (Å²) in [5.41, 5.74) is 6.52. The maximum atomic E-state index is 5.84. The van der Waals surface area contributed by atoms with Crippen molar-refractivity contribution in [1.82, 2.24) is 4.90 Å². The maximum absolute atomic E-state index is 5.84. The van der Waals surface area contributed by atoms with E-state index >= 15 is 0 Å². The van der Waals surface area contributed by atoms with Gasteiger partial charge in [-0.15, -0.1) is 11.3 Å². The lowest BCUT2D eigenvalue weighted by atomic mass is 10.3. The van der Waals surface area contributed by atoms with Crippen LogP contribution in [0.15, 0.2) is 24.3 Å². The van der Waals surface area contributed by atoms with E-state index < -0.39 is 0 Å². The highest BCUT2D eigenvalue weighted by Gasteiger charge is 2.03. The zero-order chi connectivity index (χ0) is 10.6. The van der Waals surface area contributed by atoms with Crippen molar-refractivity contribution in [1.29, 1.82) is 0 Å². The van der Waals surface area contributed by atoms with Gasteiger partial charge in [-0.2, -0.15) is 0 Å². The van der Waals surface area contributed by atoms with Crippen LogP contribution in [0.25, 0.3) is 0 Å². The number of likely N-dealkylation sites (N-methyl/N-ethyl adjacent to an activating group) is 1.